The van der Waals surface area contributed by atoms with Gasteiger partial charge in [0.05, 0.1) is 9.79 Å². The van der Waals surface area contributed by atoms with Gasteiger partial charge in [-0.15, -0.1) is 0 Å². The Morgan fingerprint density at radius 1 is 0.429 bits per heavy atom. The molecule has 4 heteroatoms. The van der Waals surface area contributed by atoms with Crippen molar-refractivity contribution in [2.24, 2.45) is 0 Å². The van der Waals surface area contributed by atoms with E-state index in [1.807, 2.05) is 97.1 Å². The van der Waals surface area contributed by atoms with Crippen molar-refractivity contribution in [1.82, 2.24) is 0 Å². The van der Waals surface area contributed by atoms with E-state index in [4.69, 9.17) is 0 Å². The number of aromatic hydroxyl groups is 2. The maximum absolute atomic E-state index is 10.7. The summed E-state index contributed by atoms with van der Waals surface area (Å²) < 4.78 is 0. The fourth-order valence-corrected chi connectivity index (χ4v) is 5.14. The van der Waals surface area contributed by atoms with Crippen LogP contribution >= 0.6 is 21.6 Å². The van der Waals surface area contributed by atoms with Crippen LogP contribution < -0.4 is 0 Å². The van der Waals surface area contributed by atoms with E-state index in [1.165, 1.54) is 21.6 Å². The molecular formula is C24H18O2S2. The molecule has 0 saturated carbocycles. The highest BCUT2D eigenvalue weighted by Crippen LogP contribution is 2.48. The second kappa shape index (κ2) is 8.46. The van der Waals surface area contributed by atoms with Crippen molar-refractivity contribution in [3.05, 3.63) is 97.1 Å². The van der Waals surface area contributed by atoms with E-state index in [9.17, 15) is 10.2 Å². The van der Waals surface area contributed by atoms with Crippen molar-refractivity contribution in [3.63, 3.8) is 0 Å². The molecule has 2 N–H and O–H groups in total. The van der Waals surface area contributed by atoms with Gasteiger partial charge in [-0.1, -0.05) is 84.9 Å². The lowest BCUT2D eigenvalue weighted by Gasteiger charge is -2.11. The van der Waals surface area contributed by atoms with Crippen LogP contribution in [0, 0.1) is 0 Å². The predicted molar refractivity (Wildman–Crippen MR) is 119 cm³/mol. The van der Waals surface area contributed by atoms with Gasteiger partial charge in [0.15, 0.2) is 0 Å². The number of phenolic OH excluding ortho intramolecular Hbond substituents is 2. The van der Waals surface area contributed by atoms with Crippen molar-refractivity contribution >= 4 is 21.6 Å². The Bertz CT molecular complexity index is 991. The van der Waals surface area contributed by atoms with Crippen LogP contribution in [0.2, 0.25) is 0 Å². The molecule has 0 spiro atoms. The Balaban J connectivity index is 1.59. The molecule has 0 aliphatic carbocycles. The van der Waals surface area contributed by atoms with Crippen molar-refractivity contribution < 1.29 is 10.2 Å². The number of para-hydroxylation sites is 2. The third-order valence-corrected chi connectivity index (χ3v) is 6.82. The first-order valence-corrected chi connectivity index (χ1v) is 11.0. The molecule has 0 amide bonds. The molecule has 0 fully saturated rings. The van der Waals surface area contributed by atoms with Crippen molar-refractivity contribution in [2.75, 3.05) is 0 Å². The summed E-state index contributed by atoms with van der Waals surface area (Å²) in [5, 5.41) is 21.5. The highest BCUT2D eigenvalue weighted by molar-refractivity contribution is 8.76. The molecule has 0 aliphatic rings. The molecule has 0 heterocycles. The number of hydrogen-bond acceptors (Lipinski definition) is 4. The van der Waals surface area contributed by atoms with E-state index in [-0.39, 0.29) is 11.5 Å². The minimum Gasteiger partial charge on any atom is -0.506 e. The molecule has 0 aliphatic heterocycles. The van der Waals surface area contributed by atoms with Gasteiger partial charge in [-0.3, -0.25) is 0 Å². The predicted octanol–water partition coefficient (Wildman–Crippen LogP) is 7.23. The van der Waals surface area contributed by atoms with Crippen molar-refractivity contribution in [1.29, 1.82) is 0 Å². The number of hydrogen-bond donors (Lipinski definition) is 2. The molecule has 4 aromatic carbocycles. The summed E-state index contributed by atoms with van der Waals surface area (Å²) in [7, 11) is 2.87. The van der Waals surface area contributed by atoms with Gasteiger partial charge in [0.2, 0.25) is 0 Å². The van der Waals surface area contributed by atoms with Gasteiger partial charge in [-0.2, -0.15) is 0 Å². The van der Waals surface area contributed by atoms with Gasteiger partial charge in [0, 0.05) is 11.1 Å². The zero-order valence-corrected chi connectivity index (χ0v) is 16.6. The number of rotatable bonds is 5. The Labute approximate surface area is 172 Å². The smallest absolute Gasteiger partial charge is 0.137 e. The summed E-state index contributed by atoms with van der Waals surface area (Å²) in [4.78, 5) is 1.52. The molecule has 0 bridgehead atoms. The van der Waals surface area contributed by atoms with E-state index >= 15 is 0 Å². The maximum atomic E-state index is 10.7. The van der Waals surface area contributed by atoms with Gasteiger partial charge in [0.1, 0.15) is 11.5 Å². The molecule has 0 radical (unpaired) electrons. The first-order valence-electron chi connectivity index (χ1n) is 8.83. The lowest BCUT2D eigenvalue weighted by molar-refractivity contribution is 0.464. The maximum Gasteiger partial charge on any atom is 0.137 e. The van der Waals surface area contributed by atoms with Crippen molar-refractivity contribution in [2.45, 2.75) is 9.79 Å². The van der Waals surface area contributed by atoms with Crippen molar-refractivity contribution in [3.8, 4) is 33.8 Å². The monoisotopic (exact) mass is 402 g/mol. The molecule has 0 atom stereocenters. The lowest BCUT2D eigenvalue weighted by Crippen LogP contribution is -1.82. The average Bonchev–Trinajstić information content (AvgIpc) is 2.75. The Morgan fingerprint density at radius 3 is 1.21 bits per heavy atom. The number of phenols is 2. The largest absolute Gasteiger partial charge is 0.506 e. The van der Waals surface area contributed by atoms with E-state index in [0.717, 1.165) is 32.0 Å². The average molecular weight is 403 g/mol. The Hall–Kier alpha value is -2.82. The van der Waals surface area contributed by atoms with Crippen LogP contribution in [0.25, 0.3) is 22.3 Å². The zero-order chi connectivity index (χ0) is 19.3. The van der Waals surface area contributed by atoms with Crippen LogP contribution in [0.5, 0.6) is 11.5 Å². The summed E-state index contributed by atoms with van der Waals surface area (Å²) in [6.45, 7) is 0. The summed E-state index contributed by atoms with van der Waals surface area (Å²) in [5.74, 6) is 0.509. The molecule has 0 aromatic heterocycles. The molecule has 2 nitrogen and oxygen atoms in total. The van der Waals surface area contributed by atoms with Gasteiger partial charge in [-0.05, 0) is 44.8 Å². The first kappa shape index (κ1) is 18.5. The molecule has 28 heavy (non-hydrogen) atoms. The van der Waals surface area contributed by atoms with Gasteiger partial charge < -0.3 is 10.2 Å². The molecule has 138 valence electrons. The second-order valence-electron chi connectivity index (χ2n) is 6.20. The molecule has 4 aromatic rings. The highest BCUT2D eigenvalue weighted by Gasteiger charge is 2.13. The summed E-state index contributed by atoms with van der Waals surface area (Å²) >= 11 is 0. The Kier molecular flexibility index (Phi) is 5.60. The summed E-state index contributed by atoms with van der Waals surface area (Å²) in [6.07, 6.45) is 0. The molecule has 0 saturated heterocycles. The minimum absolute atomic E-state index is 0.255. The van der Waals surface area contributed by atoms with E-state index in [2.05, 4.69) is 0 Å². The van der Waals surface area contributed by atoms with E-state index in [1.54, 1.807) is 0 Å². The summed E-state index contributed by atoms with van der Waals surface area (Å²) in [5.41, 5.74) is 3.55. The van der Waals surface area contributed by atoms with Gasteiger partial charge >= 0.3 is 0 Å². The van der Waals surface area contributed by atoms with Gasteiger partial charge in [-0.25, -0.2) is 0 Å². The lowest BCUT2D eigenvalue weighted by atomic mass is 10.1. The first-order chi connectivity index (χ1) is 13.7. The van der Waals surface area contributed by atoms with Crippen LogP contribution in [0.3, 0.4) is 0 Å². The SMILES string of the molecule is Oc1c(SSc2cccc(-c3ccccc3)c2O)cccc1-c1ccccc1. The molecular weight excluding hydrogens is 384 g/mol. The quantitative estimate of drug-likeness (QED) is 0.345. The Morgan fingerprint density at radius 2 is 0.821 bits per heavy atom. The van der Waals surface area contributed by atoms with Crippen LogP contribution in [0.4, 0.5) is 0 Å². The zero-order valence-electron chi connectivity index (χ0n) is 14.9. The topological polar surface area (TPSA) is 40.5 Å². The minimum atomic E-state index is 0.255. The van der Waals surface area contributed by atoms with Gasteiger partial charge in [0.25, 0.3) is 0 Å². The van der Waals surface area contributed by atoms with E-state index in [0.29, 0.717) is 0 Å². The molecule has 0 unspecified atom stereocenters. The van der Waals surface area contributed by atoms with Crippen LogP contribution in [0.1, 0.15) is 0 Å². The van der Waals surface area contributed by atoms with Crippen LogP contribution in [-0.2, 0) is 0 Å². The highest BCUT2D eigenvalue weighted by atomic mass is 33.1. The fraction of sp³-hybridized carbons (Fsp3) is 0. The second-order valence-corrected chi connectivity index (χ2v) is 8.42. The van der Waals surface area contributed by atoms with E-state index < -0.39 is 0 Å². The third kappa shape index (κ3) is 3.88. The van der Waals surface area contributed by atoms with Crippen LogP contribution in [-0.4, -0.2) is 10.2 Å². The fourth-order valence-electron chi connectivity index (χ4n) is 2.97. The standard InChI is InChI=1S/C24H18O2S2/c25-23-19(17-9-3-1-4-10-17)13-7-15-21(23)27-28-22-16-8-14-20(24(22)26)18-11-5-2-6-12-18/h1-16,25-26H. The molecule has 4 rings (SSSR count). The number of benzene rings is 4. The third-order valence-electron chi connectivity index (χ3n) is 4.39. The normalized spacial score (nSPS) is 10.7. The summed E-state index contributed by atoms with van der Waals surface area (Å²) in [6, 6.07) is 31.1. The van der Waals surface area contributed by atoms with Crippen LogP contribution in [0.15, 0.2) is 107 Å².